The highest BCUT2D eigenvalue weighted by atomic mass is 32.3. The number of aromatic nitrogens is 1. The topological polar surface area (TPSA) is 130 Å². The van der Waals surface area contributed by atoms with E-state index in [1.165, 1.54) is 5.56 Å². The van der Waals surface area contributed by atoms with E-state index in [4.69, 9.17) is 41.2 Å². The molecule has 0 bridgehead atoms. The van der Waals surface area contributed by atoms with Gasteiger partial charge in [-0.3, -0.25) is 8.42 Å². The van der Waals surface area contributed by atoms with Gasteiger partial charge in [-0.1, -0.05) is 0 Å². The Morgan fingerprint density at radius 2 is 1.28 bits per heavy atom. The molecule has 0 aliphatic carbocycles. The van der Waals surface area contributed by atoms with Gasteiger partial charge in [-0.15, -0.1) is 0 Å². The molecule has 0 atom stereocenters. The van der Waals surface area contributed by atoms with Crippen LogP contribution in [-0.4, -0.2) is 53.1 Å². The van der Waals surface area contributed by atoms with E-state index in [2.05, 4.69) is 41.0 Å². The minimum Gasteiger partial charge on any atom is -0.759 e. The first kappa shape index (κ1) is 28.0. The van der Waals surface area contributed by atoms with Gasteiger partial charge in [0.15, 0.2) is 29.5 Å². The predicted molar refractivity (Wildman–Crippen MR) is 143 cm³/mol. The Balaban J connectivity index is 0.000000677. The zero-order valence-electron chi connectivity index (χ0n) is 23.1. The van der Waals surface area contributed by atoms with Crippen molar-refractivity contribution in [2.75, 3.05) is 35.5 Å². The maximum atomic E-state index is 8.52. The van der Waals surface area contributed by atoms with Gasteiger partial charge in [0.1, 0.15) is 5.75 Å². The number of aryl methyl sites for hydroxylation is 1. The van der Waals surface area contributed by atoms with Crippen molar-refractivity contribution < 1.29 is 47.2 Å². The van der Waals surface area contributed by atoms with Crippen molar-refractivity contribution in [3.63, 3.8) is 0 Å². The summed E-state index contributed by atoms with van der Waals surface area (Å²) in [6.45, 7) is 0.837. The van der Waals surface area contributed by atoms with Crippen LogP contribution in [0.2, 0.25) is 0 Å². The fraction of sp³-hybridized carbons (Fsp3) is 0.250. The number of hydrogen-bond acceptors (Lipinski definition) is 9. The van der Waals surface area contributed by atoms with Gasteiger partial charge < -0.3 is 32.8 Å². The third-order valence-corrected chi connectivity index (χ3v) is 6.52. The van der Waals surface area contributed by atoms with E-state index in [1.54, 1.807) is 35.5 Å². The van der Waals surface area contributed by atoms with E-state index in [0.717, 1.165) is 57.8 Å². The van der Waals surface area contributed by atoms with Gasteiger partial charge >= 0.3 is 1.43 Å². The number of fused-ring (bicyclic) bond motifs is 4. The molecule has 0 saturated carbocycles. The van der Waals surface area contributed by atoms with Gasteiger partial charge in [0.25, 0.3) is 0 Å². The molecule has 0 N–H and O–H groups in total. The first-order valence-corrected chi connectivity index (χ1v) is 13.1. The molecule has 1 aliphatic rings. The molecular weight excluding hydrogens is 526 g/mol. The molecule has 0 unspecified atom stereocenters. The monoisotopic (exact) mass is 555 g/mol. The van der Waals surface area contributed by atoms with Gasteiger partial charge in [-0.2, -0.15) is 4.57 Å². The lowest BCUT2D eigenvalue weighted by Gasteiger charge is -2.21. The molecule has 11 heteroatoms. The Morgan fingerprint density at radius 3 is 1.85 bits per heavy atom. The van der Waals surface area contributed by atoms with Crippen LogP contribution < -0.4 is 28.3 Å². The van der Waals surface area contributed by atoms with E-state index in [1.807, 2.05) is 18.2 Å². The lowest BCUT2D eigenvalue weighted by Crippen LogP contribution is -2.42. The summed E-state index contributed by atoms with van der Waals surface area (Å²) < 4.78 is 64.3. The highest BCUT2D eigenvalue weighted by molar-refractivity contribution is 7.79. The van der Waals surface area contributed by atoms with Crippen LogP contribution in [0.5, 0.6) is 28.7 Å². The summed E-state index contributed by atoms with van der Waals surface area (Å²) in [4.78, 5) is 0. The summed E-state index contributed by atoms with van der Waals surface area (Å²) in [5, 5.41) is 2.16. The molecule has 10 nitrogen and oxygen atoms in total. The van der Waals surface area contributed by atoms with Crippen molar-refractivity contribution in [1.29, 1.82) is 0 Å². The van der Waals surface area contributed by atoms with Crippen molar-refractivity contribution in [2.24, 2.45) is 0 Å². The number of nitrogens with zero attached hydrogens (tertiary/aromatic N) is 1. The molecular formula is C28H29NO9S. The normalized spacial score (nSPS) is 12.0. The van der Waals surface area contributed by atoms with Crippen molar-refractivity contribution in [3.8, 4) is 51.3 Å². The fourth-order valence-corrected chi connectivity index (χ4v) is 4.82. The van der Waals surface area contributed by atoms with E-state index in [-0.39, 0.29) is 1.43 Å². The quantitative estimate of drug-likeness (QED) is 0.198. The smallest absolute Gasteiger partial charge is 0.759 e. The summed E-state index contributed by atoms with van der Waals surface area (Å²) in [5.41, 5.74) is 5.71. The molecule has 39 heavy (non-hydrogen) atoms. The number of methoxy groups -OCH3 is 5. The molecule has 1 aliphatic heterocycles. The van der Waals surface area contributed by atoms with Crippen LogP contribution in [0.3, 0.4) is 0 Å². The zero-order chi connectivity index (χ0) is 28.3. The van der Waals surface area contributed by atoms with Crippen molar-refractivity contribution in [1.82, 2.24) is 0 Å². The molecule has 0 amide bonds. The molecule has 0 spiro atoms. The van der Waals surface area contributed by atoms with Gasteiger partial charge in [0, 0.05) is 28.4 Å². The first-order chi connectivity index (χ1) is 18.6. The third-order valence-electron chi connectivity index (χ3n) is 6.52. The van der Waals surface area contributed by atoms with Gasteiger partial charge in [0.05, 0.1) is 46.5 Å². The molecule has 5 rings (SSSR count). The Morgan fingerprint density at radius 1 is 0.744 bits per heavy atom. The predicted octanol–water partition coefficient (Wildman–Crippen LogP) is 3.83. The lowest BCUT2D eigenvalue weighted by atomic mass is 9.92. The third kappa shape index (κ3) is 5.85. The second-order valence-electron chi connectivity index (χ2n) is 8.58. The second-order valence-corrected chi connectivity index (χ2v) is 9.39. The maximum absolute atomic E-state index is 8.52. The number of pyridine rings is 1. The summed E-state index contributed by atoms with van der Waals surface area (Å²) >= 11 is 0. The van der Waals surface area contributed by atoms with Crippen LogP contribution in [0.15, 0.2) is 54.6 Å². The summed E-state index contributed by atoms with van der Waals surface area (Å²) in [6.07, 6.45) is 0.884. The van der Waals surface area contributed by atoms with Crippen molar-refractivity contribution in [3.05, 3.63) is 60.2 Å². The fourth-order valence-electron chi connectivity index (χ4n) is 4.82. The zero-order valence-corrected chi connectivity index (χ0v) is 23.0. The lowest BCUT2D eigenvalue weighted by molar-refractivity contribution is -0.675. The van der Waals surface area contributed by atoms with Crippen LogP contribution in [0.25, 0.3) is 33.3 Å². The largest absolute Gasteiger partial charge is 1.00 e. The minimum absolute atomic E-state index is 0. The average Bonchev–Trinajstić information content (AvgIpc) is 2.93. The molecule has 3 aromatic carbocycles. The van der Waals surface area contributed by atoms with Crippen LogP contribution in [0, 0.1) is 0 Å². The maximum Gasteiger partial charge on any atom is 1.00 e. The van der Waals surface area contributed by atoms with E-state index in [0.29, 0.717) is 17.2 Å². The number of ether oxygens (including phenoxy) is 5. The minimum atomic E-state index is -5.17. The Hall–Kier alpha value is -4.06. The second kappa shape index (κ2) is 11.4. The Bertz CT molecular complexity index is 1620. The molecule has 4 aromatic rings. The van der Waals surface area contributed by atoms with Crippen molar-refractivity contribution >= 4 is 21.2 Å². The average molecular weight is 556 g/mol. The van der Waals surface area contributed by atoms with Crippen LogP contribution in [-0.2, 0) is 23.4 Å². The molecule has 0 saturated heterocycles. The standard InChI is InChI=1S/C28H28NO5.H2O4S/c1-30-20-8-6-17(7-9-20)28-22-16-27(34-5)25(32-3)14-19(22)12-23-21-15-26(33-4)24(31-2)13-18(21)10-11-29(23)28;1-5(2,3)4/h6-9,12-16H,10-11H2,1-5H3;(H2,1,2,3,4)/q+1;/p-1. The molecule has 0 fully saturated rings. The van der Waals surface area contributed by atoms with Crippen LogP contribution in [0.4, 0.5) is 0 Å². The summed E-state index contributed by atoms with van der Waals surface area (Å²) in [6, 6.07) is 18.7. The van der Waals surface area contributed by atoms with E-state index in [9.17, 15) is 0 Å². The number of rotatable bonds is 6. The Labute approximate surface area is 228 Å². The highest BCUT2D eigenvalue weighted by Gasteiger charge is 2.31. The van der Waals surface area contributed by atoms with E-state index >= 15 is 0 Å². The van der Waals surface area contributed by atoms with Crippen molar-refractivity contribution in [2.45, 2.75) is 13.0 Å². The van der Waals surface area contributed by atoms with E-state index < -0.39 is 10.4 Å². The van der Waals surface area contributed by atoms with Crippen LogP contribution >= 0.6 is 0 Å². The molecule has 0 radical (unpaired) electrons. The van der Waals surface area contributed by atoms with Crippen LogP contribution in [0.1, 0.15) is 6.99 Å². The summed E-state index contributed by atoms with van der Waals surface area (Å²) in [5.74, 6) is 3.69. The highest BCUT2D eigenvalue weighted by Crippen LogP contribution is 2.41. The number of benzene rings is 3. The summed E-state index contributed by atoms with van der Waals surface area (Å²) in [7, 11) is 3.18. The van der Waals surface area contributed by atoms with Gasteiger partial charge in [-0.25, -0.2) is 0 Å². The Kier molecular flexibility index (Phi) is 8.14. The number of hydrogen-bond donors (Lipinski definition) is 0. The van der Waals surface area contributed by atoms with Gasteiger partial charge in [-0.05, 0) is 59.5 Å². The molecule has 1 aromatic heterocycles. The first-order valence-electron chi connectivity index (χ1n) is 11.8. The molecule has 2 heterocycles. The SMILES string of the molecule is COc1ccc(-c2c3cc(OC)c(OC)cc3cc3[n+]2CCc2cc(OC)c(OC)cc2-3)cc1.O=S(=O)([O-])[O-].[H+]. The van der Waals surface area contributed by atoms with Gasteiger partial charge in [0.2, 0.25) is 11.4 Å². The molecule has 206 valence electrons.